The molecule has 0 radical (unpaired) electrons. The van der Waals surface area contributed by atoms with Crippen LogP contribution in [0.3, 0.4) is 0 Å². The van der Waals surface area contributed by atoms with Crippen molar-refractivity contribution in [2.75, 3.05) is 17.2 Å². The number of alkyl halides is 3. The molecule has 2 rings (SSSR count). The van der Waals surface area contributed by atoms with Crippen LogP contribution in [0.25, 0.3) is 0 Å². The topological polar surface area (TPSA) is 50.4 Å². The van der Waals surface area contributed by atoms with Gasteiger partial charge in [0.2, 0.25) is 0 Å². The summed E-state index contributed by atoms with van der Waals surface area (Å²) in [6.07, 6.45) is -4.50. The zero-order valence-corrected chi connectivity index (χ0v) is 14.0. The van der Waals surface area contributed by atoms with Crippen molar-refractivity contribution >= 4 is 34.7 Å². The van der Waals surface area contributed by atoms with Crippen LogP contribution in [-0.2, 0) is 10.9 Å². The van der Waals surface area contributed by atoms with Gasteiger partial charge in [-0.05, 0) is 49.5 Å². The Balaban J connectivity index is 2.12. The lowest BCUT2D eigenvalue weighted by atomic mass is 10.1. The van der Waals surface area contributed by atoms with Crippen LogP contribution in [0.1, 0.15) is 22.8 Å². The Morgan fingerprint density at radius 2 is 1.84 bits per heavy atom. The third-order valence-corrected chi connectivity index (χ3v) is 3.32. The SMILES string of the molecule is CCOC(=O)c1cccc(NC(=S)Nc2ccccc2C(F)(F)F)c1. The van der Waals surface area contributed by atoms with Gasteiger partial charge in [-0.3, -0.25) is 0 Å². The average Bonchev–Trinajstić information content (AvgIpc) is 2.54. The minimum absolute atomic E-state index is 0.0299. The molecule has 0 aromatic heterocycles. The quantitative estimate of drug-likeness (QED) is 0.606. The molecular formula is C17H15F3N2O2S. The van der Waals surface area contributed by atoms with Crippen LogP contribution in [0, 0.1) is 0 Å². The standard InChI is InChI=1S/C17H15F3N2O2S/c1-2-24-15(23)11-6-5-7-12(10-11)21-16(25)22-14-9-4-3-8-13(14)17(18,19)20/h3-10H,2H2,1H3,(H2,21,22,25). The highest BCUT2D eigenvalue weighted by Gasteiger charge is 2.33. The van der Waals surface area contributed by atoms with Gasteiger partial charge >= 0.3 is 12.1 Å². The van der Waals surface area contributed by atoms with Crippen molar-refractivity contribution in [1.82, 2.24) is 0 Å². The van der Waals surface area contributed by atoms with Gasteiger partial charge in [0.15, 0.2) is 5.11 Å². The summed E-state index contributed by atoms with van der Waals surface area (Å²) in [4.78, 5) is 11.7. The second kappa shape index (κ2) is 7.98. The molecule has 2 aromatic rings. The Bertz CT molecular complexity index is 778. The van der Waals surface area contributed by atoms with Crippen LogP contribution in [0.5, 0.6) is 0 Å². The monoisotopic (exact) mass is 368 g/mol. The van der Waals surface area contributed by atoms with E-state index in [9.17, 15) is 18.0 Å². The first-order valence-corrected chi connectivity index (χ1v) is 7.73. The van der Waals surface area contributed by atoms with Crippen molar-refractivity contribution in [1.29, 1.82) is 0 Å². The van der Waals surface area contributed by atoms with Crippen molar-refractivity contribution < 1.29 is 22.7 Å². The molecule has 0 unspecified atom stereocenters. The number of hydrogen-bond donors (Lipinski definition) is 2. The van der Waals surface area contributed by atoms with Crippen molar-refractivity contribution in [3.63, 3.8) is 0 Å². The highest BCUT2D eigenvalue weighted by molar-refractivity contribution is 7.80. The van der Waals surface area contributed by atoms with Crippen LogP contribution >= 0.6 is 12.2 Å². The molecule has 0 aliphatic rings. The summed E-state index contributed by atoms with van der Waals surface area (Å²) in [6, 6.07) is 11.3. The molecule has 0 aliphatic heterocycles. The Labute approximate surface area is 148 Å². The molecule has 0 saturated heterocycles. The van der Waals surface area contributed by atoms with E-state index >= 15 is 0 Å². The van der Waals surface area contributed by atoms with E-state index < -0.39 is 17.7 Å². The number of hydrogen-bond acceptors (Lipinski definition) is 3. The van der Waals surface area contributed by atoms with Gasteiger partial charge in [-0.2, -0.15) is 13.2 Å². The van der Waals surface area contributed by atoms with Gasteiger partial charge in [-0.25, -0.2) is 4.79 Å². The predicted octanol–water partition coefficient (Wildman–Crippen LogP) is 4.69. The Morgan fingerprint density at radius 3 is 2.52 bits per heavy atom. The van der Waals surface area contributed by atoms with Crippen LogP contribution in [0.2, 0.25) is 0 Å². The number of esters is 1. The normalized spacial score (nSPS) is 10.9. The number of para-hydroxylation sites is 1. The Morgan fingerprint density at radius 1 is 1.12 bits per heavy atom. The number of thiocarbonyl (C=S) groups is 1. The lowest BCUT2D eigenvalue weighted by Crippen LogP contribution is -2.21. The molecule has 0 spiro atoms. The van der Waals surface area contributed by atoms with Gasteiger partial charge in [0.25, 0.3) is 0 Å². The fraction of sp³-hybridized carbons (Fsp3) is 0.176. The van der Waals surface area contributed by atoms with Crippen molar-refractivity contribution in [2.24, 2.45) is 0 Å². The first-order chi connectivity index (χ1) is 11.8. The molecule has 8 heteroatoms. The molecule has 25 heavy (non-hydrogen) atoms. The maximum atomic E-state index is 13.0. The number of rotatable bonds is 4. The summed E-state index contributed by atoms with van der Waals surface area (Å²) < 4.78 is 43.9. The van der Waals surface area contributed by atoms with E-state index in [-0.39, 0.29) is 17.4 Å². The molecule has 0 heterocycles. The predicted molar refractivity (Wildman–Crippen MR) is 93.7 cm³/mol. The van der Waals surface area contributed by atoms with Crippen molar-refractivity contribution in [3.8, 4) is 0 Å². The molecule has 0 aliphatic carbocycles. The maximum Gasteiger partial charge on any atom is 0.418 e. The number of halogens is 3. The van der Waals surface area contributed by atoms with Crippen molar-refractivity contribution in [3.05, 3.63) is 59.7 Å². The van der Waals surface area contributed by atoms with Gasteiger partial charge in [0.05, 0.1) is 23.4 Å². The largest absolute Gasteiger partial charge is 0.462 e. The van der Waals surface area contributed by atoms with E-state index in [1.165, 1.54) is 24.3 Å². The number of anilines is 2. The highest BCUT2D eigenvalue weighted by Crippen LogP contribution is 2.34. The molecule has 0 bridgehead atoms. The second-order valence-corrected chi connectivity index (χ2v) is 5.33. The number of nitrogens with one attached hydrogen (secondary N) is 2. The molecule has 0 amide bonds. The molecule has 0 atom stereocenters. The van der Waals surface area contributed by atoms with E-state index in [2.05, 4.69) is 10.6 Å². The highest BCUT2D eigenvalue weighted by atomic mass is 32.1. The van der Waals surface area contributed by atoms with Gasteiger partial charge in [-0.15, -0.1) is 0 Å². The molecule has 0 fully saturated rings. The number of carbonyl (C=O) groups excluding carboxylic acids is 1. The number of ether oxygens (including phenoxy) is 1. The summed E-state index contributed by atoms with van der Waals surface area (Å²) in [7, 11) is 0. The van der Waals surface area contributed by atoms with Crippen molar-refractivity contribution in [2.45, 2.75) is 13.1 Å². The molecule has 2 aromatic carbocycles. The third kappa shape index (κ3) is 5.18. The minimum atomic E-state index is -4.50. The van der Waals surface area contributed by atoms with Crippen LogP contribution in [0.4, 0.5) is 24.5 Å². The Kier molecular flexibility index (Phi) is 5.97. The first kappa shape index (κ1) is 18.7. The summed E-state index contributed by atoms with van der Waals surface area (Å²) in [5.41, 5.74) is -0.216. The molecule has 2 N–H and O–H groups in total. The fourth-order valence-electron chi connectivity index (χ4n) is 2.06. The van der Waals surface area contributed by atoms with E-state index in [1.807, 2.05) is 0 Å². The van der Waals surface area contributed by atoms with E-state index in [4.69, 9.17) is 17.0 Å². The Hall–Kier alpha value is -2.61. The molecule has 4 nitrogen and oxygen atoms in total. The molecule has 0 saturated carbocycles. The third-order valence-electron chi connectivity index (χ3n) is 3.11. The average molecular weight is 368 g/mol. The minimum Gasteiger partial charge on any atom is -0.462 e. The van der Waals surface area contributed by atoms with Crippen LogP contribution in [-0.4, -0.2) is 17.7 Å². The summed E-state index contributed by atoms with van der Waals surface area (Å²) >= 11 is 5.05. The van der Waals surface area contributed by atoms with E-state index in [0.717, 1.165) is 6.07 Å². The summed E-state index contributed by atoms with van der Waals surface area (Å²) in [6.45, 7) is 1.93. The summed E-state index contributed by atoms with van der Waals surface area (Å²) in [5, 5.41) is 5.25. The first-order valence-electron chi connectivity index (χ1n) is 7.32. The zero-order valence-electron chi connectivity index (χ0n) is 13.2. The van der Waals surface area contributed by atoms with Crippen LogP contribution in [0.15, 0.2) is 48.5 Å². The second-order valence-electron chi connectivity index (χ2n) is 4.92. The van der Waals surface area contributed by atoms with Gasteiger partial charge in [-0.1, -0.05) is 18.2 Å². The lowest BCUT2D eigenvalue weighted by Gasteiger charge is -2.16. The molecule has 132 valence electrons. The maximum absolute atomic E-state index is 13.0. The van der Waals surface area contributed by atoms with E-state index in [1.54, 1.807) is 25.1 Å². The smallest absolute Gasteiger partial charge is 0.418 e. The van der Waals surface area contributed by atoms with Gasteiger partial charge < -0.3 is 15.4 Å². The fourth-order valence-corrected chi connectivity index (χ4v) is 2.29. The van der Waals surface area contributed by atoms with Gasteiger partial charge in [0, 0.05) is 5.69 Å². The molecular weight excluding hydrogens is 353 g/mol. The van der Waals surface area contributed by atoms with Gasteiger partial charge in [0.1, 0.15) is 0 Å². The summed E-state index contributed by atoms with van der Waals surface area (Å²) in [5.74, 6) is -0.493. The number of carbonyl (C=O) groups is 1. The number of benzene rings is 2. The van der Waals surface area contributed by atoms with Crippen LogP contribution < -0.4 is 10.6 Å². The van der Waals surface area contributed by atoms with E-state index in [0.29, 0.717) is 11.3 Å². The zero-order chi connectivity index (χ0) is 18.4. The lowest BCUT2D eigenvalue weighted by molar-refractivity contribution is -0.136.